The number of rotatable bonds is 2. The van der Waals surface area contributed by atoms with Gasteiger partial charge in [0.1, 0.15) is 11.5 Å². The van der Waals surface area contributed by atoms with E-state index in [1.54, 1.807) is 37.4 Å². The van der Waals surface area contributed by atoms with Crippen molar-refractivity contribution in [3.8, 4) is 17.5 Å². The van der Waals surface area contributed by atoms with Crippen molar-refractivity contribution in [2.24, 2.45) is 0 Å². The molecule has 0 aliphatic rings. The molecule has 0 aliphatic carbocycles. The molecule has 1 aromatic carbocycles. The second-order valence-electron chi connectivity index (χ2n) is 3.48. The Labute approximate surface area is 93.6 Å². The minimum absolute atomic E-state index is 0.199. The number of benzene rings is 1. The lowest BCUT2D eigenvalue weighted by Gasteiger charge is -2.07. The Hall–Kier alpha value is -2.10. The predicted molar refractivity (Wildman–Crippen MR) is 59.7 cm³/mol. The molecule has 0 amide bonds. The van der Waals surface area contributed by atoms with Crippen LogP contribution < -0.4 is 4.74 Å². The number of phenols is 1. The maximum absolute atomic E-state index is 9.51. The summed E-state index contributed by atoms with van der Waals surface area (Å²) < 4.78 is 5.49. The zero-order valence-electron chi connectivity index (χ0n) is 9.14. The van der Waals surface area contributed by atoms with E-state index >= 15 is 0 Å². The van der Waals surface area contributed by atoms with Crippen LogP contribution in [0.4, 0.5) is 0 Å². The Balaban J connectivity index is 2.31. The topological polar surface area (TPSA) is 55.2 Å². The van der Waals surface area contributed by atoms with E-state index in [0.29, 0.717) is 11.3 Å². The summed E-state index contributed by atoms with van der Waals surface area (Å²) in [6, 6.07) is 7.17. The summed E-state index contributed by atoms with van der Waals surface area (Å²) in [6.45, 7) is 3.64. The highest BCUT2D eigenvalue weighted by Crippen LogP contribution is 2.28. The van der Waals surface area contributed by atoms with E-state index in [1.807, 2.05) is 6.92 Å². The van der Waals surface area contributed by atoms with Crippen molar-refractivity contribution in [3.05, 3.63) is 41.7 Å². The number of ether oxygens (including phenoxy) is 1. The van der Waals surface area contributed by atoms with Crippen molar-refractivity contribution in [1.82, 2.24) is 9.97 Å². The van der Waals surface area contributed by atoms with Gasteiger partial charge in [0.2, 0.25) is 0 Å². The lowest BCUT2D eigenvalue weighted by atomic mass is 10.2. The van der Waals surface area contributed by atoms with Gasteiger partial charge in [-0.15, -0.1) is 0 Å². The summed E-state index contributed by atoms with van der Waals surface area (Å²) >= 11 is 0. The molecule has 4 heteroatoms. The number of phenolic OH excluding ortho intramolecular Hbond substituents is 1. The van der Waals surface area contributed by atoms with Crippen molar-refractivity contribution >= 4 is 0 Å². The first-order valence-electron chi connectivity index (χ1n) is 4.93. The normalized spacial score (nSPS) is 10.1. The van der Waals surface area contributed by atoms with Gasteiger partial charge in [0, 0.05) is 17.5 Å². The standard InChI is InChI=1S/C12H12N2O2/c1-8-6-7-13-12(14-8)16-11-5-3-4-10(15)9(11)2/h3-7,15H,1-2H3. The molecule has 0 radical (unpaired) electrons. The summed E-state index contributed by atoms with van der Waals surface area (Å²) in [5.74, 6) is 0.760. The number of aromatic hydroxyl groups is 1. The Bertz CT molecular complexity index is 512. The first-order valence-corrected chi connectivity index (χ1v) is 4.93. The Morgan fingerprint density at radius 3 is 2.75 bits per heavy atom. The molecule has 4 nitrogen and oxygen atoms in total. The summed E-state index contributed by atoms with van der Waals surface area (Å²) in [6.07, 6.45) is 1.63. The lowest BCUT2D eigenvalue weighted by Crippen LogP contribution is -1.94. The fraction of sp³-hybridized carbons (Fsp3) is 0.167. The average Bonchev–Trinajstić information content (AvgIpc) is 2.25. The highest BCUT2D eigenvalue weighted by molar-refractivity contribution is 5.43. The van der Waals surface area contributed by atoms with E-state index in [0.717, 1.165) is 5.69 Å². The summed E-state index contributed by atoms with van der Waals surface area (Å²) in [5, 5.41) is 9.51. The Morgan fingerprint density at radius 1 is 1.19 bits per heavy atom. The number of hydrogen-bond donors (Lipinski definition) is 1. The van der Waals surface area contributed by atoms with Gasteiger partial charge in [-0.1, -0.05) is 6.07 Å². The third-order valence-corrected chi connectivity index (χ3v) is 2.23. The molecule has 0 saturated carbocycles. The molecule has 0 atom stereocenters. The maximum Gasteiger partial charge on any atom is 0.322 e. The molecule has 0 fully saturated rings. The fourth-order valence-electron chi connectivity index (χ4n) is 1.29. The molecular formula is C12H12N2O2. The zero-order valence-corrected chi connectivity index (χ0v) is 9.14. The first kappa shape index (κ1) is 10.4. The van der Waals surface area contributed by atoms with E-state index < -0.39 is 0 Å². The molecular weight excluding hydrogens is 204 g/mol. The lowest BCUT2D eigenvalue weighted by molar-refractivity contribution is 0.424. The van der Waals surface area contributed by atoms with Gasteiger partial charge in [0.25, 0.3) is 0 Å². The van der Waals surface area contributed by atoms with E-state index in [1.165, 1.54) is 0 Å². The zero-order chi connectivity index (χ0) is 11.5. The molecule has 1 N–H and O–H groups in total. The number of nitrogens with zero attached hydrogens (tertiary/aromatic N) is 2. The first-order chi connectivity index (χ1) is 7.66. The highest BCUT2D eigenvalue weighted by Gasteiger charge is 2.06. The fourth-order valence-corrected chi connectivity index (χ4v) is 1.29. The average molecular weight is 216 g/mol. The van der Waals surface area contributed by atoms with Crippen LogP contribution in [0.5, 0.6) is 17.5 Å². The Kier molecular flexibility index (Phi) is 2.72. The monoisotopic (exact) mass is 216 g/mol. The van der Waals surface area contributed by atoms with Crippen LogP contribution in [0.25, 0.3) is 0 Å². The summed E-state index contributed by atoms with van der Waals surface area (Å²) in [7, 11) is 0. The number of hydrogen-bond acceptors (Lipinski definition) is 4. The molecule has 82 valence electrons. The van der Waals surface area contributed by atoms with Crippen molar-refractivity contribution in [2.75, 3.05) is 0 Å². The summed E-state index contributed by atoms with van der Waals surface area (Å²) in [5.41, 5.74) is 1.51. The van der Waals surface area contributed by atoms with Gasteiger partial charge < -0.3 is 9.84 Å². The number of aromatic nitrogens is 2. The van der Waals surface area contributed by atoms with Crippen molar-refractivity contribution in [1.29, 1.82) is 0 Å². The van der Waals surface area contributed by atoms with Crippen LogP contribution in [-0.2, 0) is 0 Å². The van der Waals surface area contributed by atoms with Gasteiger partial charge in [0.15, 0.2) is 0 Å². The molecule has 2 rings (SSSR count). The largest absolute Gasteiger partial charge is 0.508 e. The van der Waals surface area contributed by atoms with Gasteiger partial charge >= 0.3 is 6.01 Å². The van der Waals surface area contributed by atoms with Crippen molar-refractivity contribution < 1.29 is 9.84 Å². The Morgan fingerprint density at radius 2 is 2.00 bits per heavy atom. The van der Waals surface area contributed by atoms with Gasteiger partial charge in [-0.2, -0.15) is 0 Å². The second-order valence-corrected chi connectivity index (χ2v) is 3.48. The molecule has 0 spiro atoms. The van der Waals surface area contributed by atoms with E-state index in [4.69, 9.17) is 4.74 Å². The van der Waals surface area contributed by atoms with Gasteiger partial charge in [-0.25, -0.2) is 9.97 Å². The molecule has 0 unspecified atom stereocenters. The SMILES string of the molecule is Cc1ccnc(Oc2cccc(O)c2C)n1. The minimum Gasteiger partial charge on any atom is -0.508 e. The van der Waals surface area contributed by atoms with Crippen LogP contribution in [0.1, 0.15) is 11.3 Å². The molecule has 2 aromatic rings. The van der Waals surface area contributed by atoms with Gasteiger partial charge in [0.05, 0.1) is 0 Å². The third-order valence-electron chi connectivity index (χ3n) is 2.23. The second kappa shape index (κ2) is 4.18. The minimum atomic E-state index is 0.199. The van der Waals surface area contributed by atoms with Crippen molar-refractivity contribution in [3.63, 3.8) is 0 Å². The molecule has 1 heterocycles. The van der Waals surface area contributed by atoms with Crippen LogP contribution in [0.2, 0.25) is 0 Å². The van der Waals surface area contributed by atoms with Crippen LogP contribution in [-0.4, -0.2) is 15.1 Å². The van der Waals surface area contributed by atoms with Crippen LogP contribution in [0, 0.1) is 13.8 Å². The predicted octanol–water partition coefficient (Wildman–Crippen LogP) is 2.59. The van der Waals surface area contributed by atoms with Crippen LogP contribution >= 0.6 is 0 Å². The molecule has 0 bridgehead atoms. The molecule has 1 aromatic heterocycles. The molecule has 16 heavy (non-hydrogen) atoms. The smallest absolute Gasteiger partial charge is 0.322 e. The van der Waals surface area contributed by atoms with Crippen LogP contribution in [0.3, 0.4) is 0 Å². The third kappa shape index (κ3) is 2.11. The summed E-state index contributed by atoms with van der Waals surface area (Å²) in [4.78, 5) is 8.11. The molecule has 0 saturated heterocycles. The maximum atomic E-state index is 9.51. The highest BCUT2D eigenvalue weighted by atomic mass is 16.5. The quantitative estimate of drug-likeness (QED) is 0.838. The van der Waals surface area contributed by atoms with Gasteiger partial charge in [-0.05, 0) is 32.0 Å². The molecule has 0 aliphatic heterocycles. The number of aryl methyl sites for hydroxylation is 1. The van der Waals surface area contributed by atoms with E-state index in [9.17, 15) is 5.11 Å². The van der Waals surface area contributed by atoms with Crippen molar-refractivity contribution in [2.45, 2.75) is 13.8 Å². The van der Waals surface area contributed by atoms with Crippen LogP contribution in [0.15, 0.2) is 30.5 Å². The van der Waals surface area contributed by atoms with E-state index in [-0.39, 0.29) is 11.8 Å². The van der Waals surface area contributed by atoms with Gasteiger partial charge in [-0.3, -0.25) is 0 Å². The van der Waals surface area contributed by atoms with E-state index in [2.05, 4.69) is 9.97 Å².